The molecular formula is C15H21N3O. The predicted molar refractivity (Wildman–Crippen MR) is 75.2 cm³/mol. The van der Waals surface area contributed by atoms with Gasteiger partial charge in [0, 0.05) is 25.3 Å². The van der Waals surface area contributed by atoms with Gasteiger partial charge in [0.2, 0.25) is 6.41 Å². The smallest absolute Gasteiger partial charge is 0.210 e. The van der Waals surface area contributed by atoms with Crippen LogP contribution in [0, 0.1) is 6.92 Å². The van der Waals surface area contributed by atoms with Crippen molar-refractivity contribution in [3.63, 3.8) is 0 Å². The van der Waals surface area contributed by atoms with E-state index < -0.39 is 0 Å². The standard InChI is InChI=1S/C15H21N3O/c1-12-13(14-5-4-10-18(14)11-19)6-7-15(16-12)17-8-2-3-9-17/h6-7,11,14H,2-5,8-10H2,1H3/t14-/m0/s1. The average molecular weight is 259 g/mol. The number of hydrogen-bond acceptors (Lipinski definition) is 3. The zero-order valence-electron chi connectivity index (χ0n) is 11.5. The zero-order valence-corrected chi connectivity index (χ0v) is 11.5. The van der Waals surface area contributed by atoms with Crippen molar-refractivity contribution < 1.29 is 4.79 Å². The summed E-state index contributed by atoms with van der Waals surface area (Å²) in [6.45, 7) is 5.18. The molecule has 4 nitrogen and oxygen atoms in total. The number of aryl methyl sites for hydroxylation is 1. The molecule has 0 radical (unpaired) electrons. The number of nitrogens with zero attached hydrogens (tertiary/aromatic N) is 3. The van der Waals surface area contributed by atoms with Gasteiger partial charge in [-0.2, -0.15) is 0 Å². The molecule has 2 aliphatic rings. The lowest BCUT2D eigenvalue weighted by atomic mass is 10.0. The fourth-order valence-corrected chi connectivity index (χ4v) is 3.28. The Morgan fingerprint density at radius 1 is 1.21 bits per heavy atom. The number of carbonyl (C=O) groups is 1. The summed E-state index contributed by atoms with van der Waals surface area (Å²) in [4.78, 5) is 20.1. The third-order valence-electron chi connectivity index (χ3n) is 4.33. The van der Waals surface area contributed by atoms with Crippen molar-refractivity contribution in [3.8, 4) is 0 Å². The third-order valence-corrected chi connectivity index (χ3v) is 4.33. The van der Waals surface area contributed by atoms with Gasteiger partial charge in [-0.3, -0.25) is 4.79 Å². The van der Waals surface area contributed by atoms with Gasteiger partial charge in [0.05, 0.1) is 6.04 Å². The largest absolute Gasteiger partial charge is 0.357 e. The maximum Gasteiger partial charge on any atom is 0.210 e. The summed E-state index contributed by atoms with van der Waals surface area (Å²) in [6.07, 6.45) is 5.67. The van der Waals surface area contributed by atoms with Gasteiger partial charge in [0.25, 0.3) is 0 Å². The Morgan fingerprint density at radius 2 is 2.00 bits per heavy atom. The van der Waals surface area contributed by atoms with Crippen LogP contribution in [0.3, 0.4) is 0 Å². The minimum absolute atomic E-state index is 0.234. The predicted octanol–water partition coefficient (Wildman–Crippen LogP) is 2.28. The molecule has 102 valence electrons. The lowest BCUT2D eigenvalue weighted by Gasteiger charge is -2.23. The Balaban J connectivity index is 1.84. The summed E-state index contributed by atoms with van der Waals surface area (Å²) >= 11 is 0. The molecular weight excluding hydrogens is 238 g/mol. The molecule has 2 aliphatic heterocycles. The van der Waals surface area contributed by atoms with Crippen LogP contribution in [0.1, 0.15) is 43.0 Å². The number of rotatable bonds is 3. The highest BCUT2D eigenvalue weighted by Crippen LogP contribution is 2.33. The van der Waals surface area contributed by atoms with Gasteiger partial charge in [-0.1, -0.05) is 6.07 Å². The molecule has 0 unspecified atom stereocenters. The van der Waals surface area contributed by atoms with E-state index in [0.29, 0.717) is 0 Å². The van der Waals surface area contributed by atoms with Crippen LogP contribution in [-0.2, 0) is 4.79 Å². The molecule has 4 heteroatoms. The van der Waals surface area contributed by atoms with Crippen LogP contribution in [0.25, 0.3) is 0 Å². The minimum atomic E-state index is 0.234. The highest BCUT2D eigenvalue weighted by atomic mass is 16.1. The summed E-state index contributed by atoms with van der Waals surface area (Å²) in [5, 5.41) is 0. The fourth-order valence-electron chi connectivity index (χ4n) is 3.28. The van der Waals surface area contributed by atoms with E-state index in [1.807, 2.05) is 4.90 Å². The molecule has 3 heterocycles. The lowest BCUT2D eigenvalue weighted by molar-refractivity contribution is -0.118. The summed E-state index contributed by atoms with van der Waals surface area (Å²) < 4.78 is 0. The highest BCUT2D eigenvalue weighted by Gasteiger charge is 2.26. The van der Waals surface area contributed by atoms with Crippen LogP contribution in [-0.4, -0.2) is 35.9 Å². The van der Waals surface area contributed by atoms with E-state index in [-0.39, 0.29) is 6.04 Å². The van der Waals surface area contributed by atoms with E-state index in [2.05, 4.69) is 24.0 Å². The first-order valence-corrected chi connectivity index (χ1v) is 7.23. The van der Waals surface area contributed by atoms with Crippen molar-refractivity contribution in [1.29, 1.82) is 0 Å². The fraction of sp³-hybridized carbons (Fsp3) is 0.600. The maximum absolute atomic E-state index is 11.1. The second-order valence-corrected chi connectivity index (χ2v) is 5.54. The van der Waals surface area contributed by atoms with Crippen molar-refractivity contribution in [2.75, 3.05) is 24.5 Å². The Labute approximate surface area is 114 Å². The number of anilines is 1. The third kappa shape index (κ3) is 2.31. The van der Waals surface area contributed by atoms with Crippen molar-refractivity contribution in [2.45, 2.75) is 38.6 Å². The minimum Gasteiger partial charge on any atom is -0.357 e. The number of hydrogen-bond donors (Lipinski definition) is 0. The van der Waals surface area contributed by atoms with Crippen LogP contribution in [0.15, 0.2) is 12.1 Å². The van der Waals surface area contributed by atoms with E-state index in [4.69, 9.17) is 4.98 Å². The molecule has 0 saturated carbocycles. The van der Waals surface area contributed by atoms with Crippen LogP contribution < -0.4 is 4.90 Å². The van der Waals surface area contributed by atoms with E-state index in [9.17, 15) is 4.79 Å². The molecule has 0 aromatic carbocycles. The van der Waals surface area contributed by atoms with Crippen molar-refractivity contribution in [2.24, 2.45) is 0 Å². The molecule has 0 N–H and O–H groups in total. The van der Waals surface area contributed by atoms with Crippen molar-refractivity contribution in [1.82, 2.24) is 9.88 Å². The van der Waals surface area contributed by atoms with Crippen molar-refractivity contribution >= 4 is 12.2 Å². The maximum atomic E-state index is 11.1. The quantitative estimate of drug-likeness (QED) is 0.781. The van der Waals surface area contributed by atoms with E-state index in [1.165, 1.54) is 18.4 Å². The molecule has 2 fully saturated rings. The van der Waals surface area contributed by atoms with Gasteiger partial charge in [0.1, 0.15) is 5.82 Å². The number of aromatic nitrogens is 1. The Hall–Kier alpha value is -1.58. The van der Waals surface area contributed by atoms with Crippen LogP contribution in [0.2, 0.25) is 0 Å². The Kier molecular flexibility index (Phi) is 3.40. The van der Waals surface area contributed by atoms with E-state index >= 15 is 0 Å². The molecule has 2 saturated heterocycles. The summed E-state index contributed by atoms with van der Waals surface area (Å²) in [7, 11) is 0. The molecule has 1 amide bonds. The van der Waals surface area contributed by atoms with E-state index in [0.717, 1.165) is 50.4 Å². The van der Waals surface area contributed by atoms with E-state index in [1.54, 1.807) is 0 Å². The van der Waals surface area contributed by atoms with Gasteiger partial charge in [-0.15, -0.1) is 0 Å². The SMILES string of the molecule is Cc1nc(N2CCCC2)ccc1[C@@H]1CCCN1C=O. The first kappa shape index (κ1) is 12.5. The van der Waals surface area contributed by atoms with Crippen LogP contribution in [0.4, 0.5) is 5.82 Å². The average Bonchev–Trinajstić information content (AvgIpc) is 3.09. The lowest BCUT2D eigenvalue weighted by Crippen LogP contribution is -2.23. The second-order valence-electron chi connectivity index (χ2n) is 5.54. The normalized spacial score (nSPS) is 23.1. The molecule has 19 heavy (non-hydrogen) atoms. The van der Waals surface area contributed by atoms with Gasteiger partial charge < -0.3 is 9.80 Å². The Morgan fingerprint density at radius 3 is 2.68 bits per heavy atom. The number of likely N-dealkylation sites (tertiary alicyclic amines) is 1. The van der Waals surface area contributed by atoms with Gasteiger partial charge in [-0.25, -0.2) is 4.98 Å². The summed E-state index contributed by atoms with van der Waals surface area (Å²) in [5.74, 6) is 1.09. The zero-order chi connectivity index (χ0) is 13.2. The van der Waals surface area contributed by atoms with Gasteiger partial charge >= 0.3 is 0 Å². The molecule has 3 rings (SSSR count). The van der Waals surface area contributed by atoms with Crippen LogP contribution >= 0.6 is 0 Å². The Bertz CT molecular complexity index is 468. The van der Waals surface area contributed by atoms with Gasteiger partial charge in [0.15, 0.2) is 0 Å². The molecule has 0 aliphatic carbocycles. The molecule has 1 aromatic rings. The molecule has 0 spiro atoms. The second kappa shape index (κ2) is 5.19. The topological polar surface area (TPSA) is 36.4 Å². The molecule has 1 aromatic heterocycles. The number of amides is 1. The first-order chi connectivity index (χ1) is 9.29. The monoisotopic (exact) mass is 259 g/mol. The molecule has 1 atom stereocenters. The van der Waals surface area contributed by atoms with Crippen LogP contribution in [0.5, 0.6) is 0 Å². The highest BCUT2D eigenvalue weighted by molar-refractivity contribution is 5.51. The van der Waals surface area contributed by atoms with Crippen molar-refractivity contribution in [3.05, 3.63) is 23.4 Å². The number of carbonyl (C=O) groups excluding carboxylic acids is 1. The van der Waals surface area contributed by atoms with Gasteiger partial charge in [-0.05, 0) is 44.2 Å². The molecule has 0 bridgehead atoms. The summed E-state index contributed by atoms with van der Waals surface area (Å²) in [6, 6.07) is 4.52. The summed E-state index contributed by atoms with van der Waals surface area (Å²) in [5.41, 5.74) is 2.29. The number of pyridine rings is 1. The first-order valence-electron chi connectivity index (χ1n) is 7.23.